The summed E-state index contributed by atoms with van der Waals surface area (Å²) in [7, 11) is -3.86. The zero-order chi connectivity index (χ0) is 19.6. The van der Waals surface area contributed by atoms with E-state index in [1.165, 1.54) is 18.4 Å². The number of rotatable bonds is 7. The SMILES string of the molecule is Cc1cc(C)n(C(CNS(=O)(=O)c2ccc([N+](=O)[O-])cc2)c2ccco2)n1. The van der Waals surface area contributed by atoms with Crippen LogP contribution in [0.4, 0.5) is 5.69 Å². The summed E-state index contributed by atoms with van der Waals surface area (Å²) in [5.41, 5.74) is 1.50. The number of benzene rings is 1. The van der Waals surface area contributed by atoms with Crippen molar-refractivity contribution in [3.05, 3.63) is 76.0 Å². The van der Waals surface area contributed by atoms with Gasteiger partial charge in [-0.1, -0.05) is 0 Å². The Labute approximate surface area is 155 Å². The van der Waals surface area contributed by atoms with Crippen molar-refractivity contribution < 1.29 is 17.8 Å². The molecule has 0 radical (unpaired) electrons. The zero-order valence-electron chi connectivity index (χ0n) is 14.7. The van der Waals surface area contributed by atoms with Gasteiger partial charge in [-0.3, -0.25) is 14.8 Å². The van der Waals surface area contributed by atoms with Crippen LogP contribution in [0.25, 0.3) is 0 Å². The summed E-state index contributed by atoms with van der Waals surface area (Å²) in [6.07, 6.45) is 1.51. The molecule has 1 N–H and O–H groups in total. The maximum atomic E-state index is 12.6. The average molecular weight is 390 g/mol. The van der Waals surface area contributed by atoms with Gasteiger partial charge in [0.25, 0.3) is 5.69 Å². The topological polar surface area (TPSA) is 120 Å². The Kier molecular flexibility index (Phi) is 5.10. The Morgan fingerprint density at radius 2 is 1.96 bits per heavy atom. The summed E-state index contributed by atoms with van der Waals surface area (Å²) in [5.74, 6) is 0.563. The predicted molar refractivity (Wildman–Crippen MR) is 96.8 cm³/mol. The van der Waals surface area contributed by atoms with Crippen LogP contribution in [0, 0.1) is 24.0 Å². The van der Waals surface area contributed by atoms with Crippen LogP contribution in [-0.4, -0.2) is 29.7 Å². The standard InChI is InChI=1S/C17H18N4O5S/c1-12-10-13(2)20(19-12)16(17-4-3-9-26-17)11-18-27(24,25)15-7-5-14(6-8-15)21(22)23/h3-10,16,18H,11H2,1-2H3. The van der Waals surface area contributed by atoms with Crippen molar-refractivity contribution in [3.63, 3.8) is 0 Å². The van der Waals surface area contributed by atoms with E-state index in [0.29, 0.717) is 5.76 Å². The minimum absolute atomic E-state index is 0.00872. The van der Waals surface area contributed by atoms with Crippen molar-refractivity contribution in [2.45, 2.75) is 24.8 Å². The maximum Gasteiger partial charge on any atom is 0.269 e. The van der Waals surface area contributed by atoms with E-state index in [2.05, 4.69) is 9.82 Å². The number of furan rings is 1. The molecular weight excluding hydrogens is 372 g/mol. The number of sulfonamides is 1. The summed E-state index contributed by atoms with van der Waals surface area (Å²) in [6, 6.07) is 9.60. The fraction of sp³-hybridized carbons (Fsp3) is 0.235. The Bertz CT molecular complexity index is 1040. The minimum atomic E-state index is -3.86. The van der Waals surface area contributed by atoms with Crippen LogP contribution in [0.5, 0.6) is 0 Å². The van der Waals surface area contributed by atoms with Crippen molar-refractivity contribution in [1.29, 1.82) is 0 Å². The van der Waals surface area contributed by atoms with Crippen LogP contribution in [0.15, 0.2) is 58.0 Å². The lowest BCUT2D eigenvalue weighted by molar-refractivity contribution is -0.384. The Morgan fingerprint density at radius 1 is 1.26 bits per heavy atom. The molecule has 0 bridgehead atoms. The zero-order valence-corrected chi connectivity index (χ0v) is 15.5. The first kappa shape index (κ1) is 18.8. The summed E-state index contributed by atoms with van der Waals surface area (Å²) >= 11 is 0. The van der Waals surface area contributed by atoms with E-state index in [1.54, 1.807) is 16.8 Å². The number of nitrogens with zero attached hydrogens (tertiary/aromatic N) is 3. The quantitative estimate of drug-likeness (QED) is 0.489. The average Bonchev–Trinajstić information content (AvgIpc) is 3.25. The molecule has 3 rings (SSSR count). The van der Waals surface area contributed by atoms with Gasteiger partial charge in [0.1, 0.15) is 11.8 Å². The first-order valence-electron chi connectivity index (χ1n) is 8.08. The molecule has 3 aromatic rings. The van der Waals surface area contributed by atoms with Crippen molar-refractivity contribution in [3.8, 4) is 0 Å². The van der Waals surface area contributed by atoms with Crippen molar-refractivity contribution >= 4 is 15.7 Å². The maximum absolute atomic E-state index is 12.6. The lowest BCUT2D eigenvalue weighted by Gasteiger charge is -2.18. The molecule has 27 heavy (non-hydrogen) atoms. The molecule has 142 valence electrons. The molecule has 1 atom stereocenters. The number of aromatic nitrogens is 2. The second-order valence-electron chi connectivity index (χ2n) is 6.01. The molecule has 0 amide bonds. The Hall–Kier alpha value is -2.98. The van der Waals surface area contributed by atoms with E-state index >= 15 is 0 Å². The van der Waals surface area contributed by atoms with E-state index in [-0.39, 0.29) is 17.1 Å². The molecule has 0 saturated heterocycles. The number of nitrogens with one attached hydrogen (secondary N) is 1. The van der Waals surface area contributed by atoms with Crippen LogP contribution in [-0.2, 0) is 10.0 Å². The highest BCUT2D eigenvalue weighted by Crippen LogP contribution is 2.22. The van der Waals surface area contributed by atoms with Crippen LogP contribution in [0.1, 0.15) is 23.2 Å². The third kappa shape index (κ3) is 4.07. The van der Waals surface area contributed by atoms with E-state index in [1.807, 2.05) is 19.9 Å². The molecular formula is C17H18N4O5S. The van der Waals surface area contributed by atoms with Gasteiger partial charge in [0.2, 0.25) is 10.0 Å². The van der Waals surface area contributed by atoms with Crippen molar-refractivity contribution in [1.82, 2.24) is 14.5 Å². The van der Waals surface area contributed by atoms with Gasteiger partial charge in [0.15, 0.2) is 0 Å². The highest BCUT2D eigenvalue weighted by atomic mass is 32.2. The van der Waals surface area contributed by atoms with Gasteiger partial charge >= 0.3 is 0 Å². The number of aryl methyl sites for hydroxylation is 2. The minimum Gasteiger partial charge on any atom is -0.467 e. The fourth-order valence-electron chi connectivity index (χ4n) is 2.77. The van der Waals surface area contributed by atoms with E-state index in [4.69, 9.17) is 4.42 Å². The van der Waals surface area contributed by atoms with Crippen molar-refractivity contribution in [2.75, 3.05) is 6.54 Å². The number of nitro groups is 1. The van der Waals surface area contributed by atoms with E-state index in [0.717, 1.165) is 23.5 Å². The molecule has 0 spiro atoms. The molecule has 1 aromatic carbocycles. The van der Waals surface area contributed by atoms with Gasteiger partial charge < -0.3 is 4.42 Å². The lowest BCUT2D eigenvalue weighted by atomic mass is 10.2. The third-order valence-electron chi connectivity index (χ3n) is 4.04. The number of hydrogen-bond acceptors (Lipinski definition) is 6. The molecule has 2 heterocycles. The number of non-ortho nitro benzene ring substituents is 1. The molecule has 9 nitrogen and oxygen atoms in total. The molecule has 0 aliphatic carbocycles. The normalized spacial score (nSPS) is 12.8. The van der Waals surface area contributed by atoms with E-state index in [9.17, 15) is 18.5 Å². The highest BCUT2D eigenvalue weighted by molar-refractivity contribution is 7.89. The summed E-state index contributed by atoms with van der Waals surface area (Å²) in [4.78, 5) is 10.1. The Balaban J connectivity index is 1.84. The summed E-state index contributed by atoms with van der Waals surface area (Å²) in [6.45, 7) is 3.74. The third-order valence-corrected chi connectivity index (χ3v) is 5.48. The molecule has 10 heteroatoms. The molecule has 0 saturated carbocycles. The van der Waals surface area contributed by atoms with Crippen LogP contribution < -0.4 is 4.72 Å². The molecule has 0 fully saturated rings. The smallest absolute Gasteiger partial charge is 0.269 e. The number of hydrogen-bond donors (Lipinski definition) is 1. The second-order valence-corrected chi connectivity index (χ2v) is 7.77. The Morgan fingerprint density at radius 3 is 2.48 bits per heavy atom. The van der Waals surface area contributed by atoms with Gasteiger partial charge in [-0.15, -0.1) is 0 Å². The first-order chi connectivity index (χ1) is 12.8. The first-order valence-corrected chi connectivity index (χ1v) is 9.56. The van der Waals surface area contributed by atoms with Gasteiger partial charge in [0, 0.05) is 24.4 Å². The van der Waals surface area contributed by atoms with E-state index < -0.39 is 21.0 Å². The highest BCUT2D eigenvalue weighted by Gasteiger charge is 2.23. The monoisotopic (exact) mass is 390 g/mol. The lowest BCUT2D eigenvalue weighted by Crippen LogP contribution is -2.32. The summed E-state index contributed by atoms with van der Waals surface area (Å²) < 4.78 is 34.8. The van der Waals surface area contributed by atoms with Crippen molar-refractivity contribution in [2.24, 2.45) is 0 Å². The fourth-order valence-corrected chi connectivity index (χ4v) is 3.81. The van der Waals surface area contributed by atoms with Crippen LogP contribution in [0.2, 0.25) is 0 Å². The molecule has 1 unspecified atom stereocenters. The van der Waals surface area contributed by atoms with Gasteiger partial charge in [0.05, 0.1) is 21.8 Å². The second kappa shape index (κ2) is 7.33. The van der Waals surface area contributed by atoms with Gasteiger partial charge in [-0.25, -0.2) is 13.1 Å². The largest absolute Gasteiger partial charge is 0.467 e. The van der Waals surface area contributed by atoms with Gasteiger partial charge in [-0.2, -0.15) is 5.10 Å². The van der Waals surface area contributed by atoms with Crippen LogP contribution >= 0.6 is 0 Å². The number of nitro benzene ring substituents is 1. The molecule has 2 aromatic heterocycles. The molecule has 0 aliphatic heterocycles. The molecule has 0 aliphatic rings. The van der Waals surface area contributed by atoms with Crippen LogP contribution in [0.3, 0.4) is 0 Å². The van der Waals surface area contributed by atoms with Gasteiger partial charge in [-0.05, 0) is 44.2 Å². The predicted octanol–water partition coefficient (Wildman–Crippen LogP) is 2.57. The summed E-state index contributed by atoms with van der Waals surface area (Å²) in [5, 5.41) is 15.1.